The Morgan fingerprint density at radius 2 is 2.00 bits per heavy atom. The van der Waals surface area contributed by atoms with Crippen LogP contribution in [-0.2, 0) is 11.8 Å². The van der Waals surface area contributed by atoms with Gasteiger partial charge in [-0.2, -0.15) is 0 Å². The second-order valence-electron chi connectivity index (χ2n) is 4.64. The van der Waals surface area contributed by atoms with E-state index in [0.717, 1.165) is 0 Å². The van der Waals surface area contributed by atoms with Crippen molar-refractivity contribution in [1.29, 1.82) is 0 Å². The maximum atomic E-state index is 2.29. The number of fused-ring (bicyclic) bond motifs is 1. The Morgan fingerprint density at radius 1 is 1.23 bits per heavy atom. The third-order valence-electron chi connectivity index (χ3n) is 2.52. The zero-order chi connectivity index (χ0) is 9.47. The Labute approximate surface area is 84.7 Å². The lowest BCUT2D eigenvalue weighted by molar-refractivity contribution is 0.577. The van der Waals surface area contributed by atoms with Crippen molar-refractivity contribution in [2.45, 2.75) is 37.5 Å². The van der Waals surface area contributed by atoms with Gasteiger partial charge in [-0.05, 0) is 23.0 Å². The van der Waals surface area contributed by atoms with E-state index in [2.05, 4.69) is 39.0 Å². The summed E-state index contributed by atoms with van der Waals surface area (Å²) in [6, 6.07) is 6.74. The molecule has 1 aliphatic rings. The minimum Gasteiger partial charge on any atom is -0.125 e. The Bertz CT molecular complexity index is 320. The first-order chi connectivity index (χ1) is 6.09. The van der Waals surface area contributed by atoms with Gasteiger partial charge >= 0.3 is 0 Å². The highest BCUT2D eigenvalue weighted by Gasteiger charge is 2.22. The normalized spacial score (nSPS) is 15.9. The van der Waals surface area contributed by atoms with Gasteiger partial charge in [-0.15, -0.1) is 11.8 Å². The van der Waals surface area contributed by atoms with Crippen LogP contribution in [0.3, 0.4) is 0 Å². The number of aryl methyl sites for hydroxylation is 1. The summed E-state index contributed by atoms with van der Waals surface area (Å²) >= 11 is 2.02. The van der Waals surface area contributed by atoms with Gasteiger partial charge in [0, 0.05) is 10.6 Å². The summed E-state index contributed by atoms with van der Waals surface area (Å²) in [5.74, 6) is 1.27. The Hall–Kier alpha value is -0.430. The molecule has 0 unspecified atom stereocenters. The maximum Gasteiger partial charge on any atom is 0.0142 e. The van der Waals surface area contributed by atoms with E-state index in [1.165, 1.54) is 17.7 Å². The van der Waals surface area contributed by atoms with Gasteiger partial charge in [-0.3, -0.25) is 0 Å². The van der Waals surface area contributed by atoms with E-state index in [4.69, 9.17) is 0 Å². The number of rotatable bonds is 0. The highest BCUT2D eigenvalue weighted by Crippen LogP contribution is 2.39. The summed E-state index contributed by atoms with van der Waals surface area (Å²) in [4.78, 5) is 1.55. The van der Waals surface area contributed by atoms with Crippen LogP contribution < -0.4 is 0 Å². The molecule has 0 aromatic heterocycles. The van der Waals surface area contributed by atoms with Gasteiger partial charge in [0.1, 0.15) is 0 Å². The maximum absolute atomic E-state index is 2.29. The number of benzene rings is 1. The lowest BCUT2D eigenvalue weighted by Crippen LogP contribution is -2.12. The van der Waals surface area contributed by atoms with E-state index < -0.39 is 0 Å². The van der Waals surface area contributed by atoms with Crippen molar-refractivity contribution in [2.75, 3.05) is 5.75 Å². The average molecular weight is 192 g/mol. The van der Waals surface area contributed by atoms with Crippen LogP contribution in [0.5, 0.6) is 0 Å². The van der Waals surface area contributed by atoms with E-state index in [9.17, 15) is 0 Å². The van der Waals surface area contributed by atoms with Gasteiger partial charge in [0.25, 0.3) is 0 Å². The van der Waals surface area contributed by atoms with Crippen LogP contribution in [0.25, 0.3) is 0 Å². The van der Waals surface area contributed by atoms with E-state index in [1.54, 1.807) is 10.5 Å². The molecule has 1 aromatic rings. The molecule has 1 aromatic carbocycles. The molecule has 0 radical (unpaired) electrons. The molecule has 0 amide bonds. The molecule has 1 heterocycles. The molecule has 0 atom stereocenters. The fourth-order valence-electron chi connectivity index (χ4n) is 1.81. The largest absolute Gasteiger partial charge is 0.125 e. The molecule has 0 aliphatic carbocycles. The van der Waals surface area contributed by atoms with Gasteiger partial charge in [0.2, 0.25) is 0 Å². The smallest absolute Gasteiger partial charge is 0.0142 e. The lowest BCUT2D eigenvalue weighted by atomic mass is 9.86. The minimum atomic E-state index is 0.294. The van der Waals surface area contributed by atoms with E-state index in [1.807, 2.05) is 11.8 Å². The Balaban J connectivity index is 2.54. The van der Waals surface area contributed by atoms with Crippen molar-refractivity contribution in [3.05, 3.63) is 29.3 Å². The Morgan fingerprint density at radius 3 is 2.69 bits per heavy atom. The summed E-state index contributed by atoms with van der Waals surface area (Å²) in [6.45, 7) is 6.88. The van der Waals surface area contributed by atoms with E-state index >= 15 is 0 Å². The van der Waals surface area contributed by atoms with Crippen molar-refractivity contribution in [3.8, 4) is 0 Å². The first-order valence-electron chi connectivity index (χ1n) is 4.84. The second kappa shape index (κ2) is 3.06. The molecule has 0 nitrogen and oxygen atoms in total. The van der Waals surface area contributed by atoms with Crippen LogP contribution in [0, 0.1) is 0 Å². The topological polar surface area (TPSA) is 0 Å². The third-order valence-corrected chi connectivity index (χ3v) is 3.70. The number of thioether (sulfide) groups is 1. The highest BCUT2D eigenvalue weighted by atomic mass is 32.2. The molecule has 13 heavy (non-hydrogen) atoms. The van der Waals surface area contributed by atoms with Crippen LogP contribution in [0.15, 0.2) is 23.1 Å². The van der Waals surface area contributed by atoms with Crippen molar-refractivity contribution in [1.82, 2.24) is 0 Å². The van der Waals surface area contributed by atoms with Crippen molar-refractivity contribution < 1.29 is 0 Å². The monoisotopic (exact) mass is 192 g/mol. The van der Waals surface area contributed by atoms with Gasteiger partial charge in [0.15, 0.2) is 0 Å². The molecular weight excluding hydrogens is 176 g/mol. The minimum absolute atomic E-state index is 0.294. The molecule has 0 spiro atoms. The van der Waals surface area contributed by atoms with Crippen LogP contribution in [0.1, 0.15) is 31.9 Å². The van der Waals surface area contributed by atoms with Crippen molar-refractivity contribution >= 4 is 11.8 Å². The van der Waals surface area contributed by atoms with Gasteiger partial charge < -0.3 is 0 Å². The first-order valence-corrected chi connectivity index (χ1v) is 5.83. The predicted octanol–water partition coefficient (Wildman–Crippen LogP) is 3.63. The summed E-state index contributed by atoms with van der Waals surface area (Å²) in [5.41, 5.74) is 3.37. The highest BCUT2D eigenvalue weighted by molar-refractivity contribution is 7.99. The molecule has 70 valence electrons. The van der Waals surface area contributed by atoms with Crippen molar-refractivity contribution in [3.63, 3.8) is 0 Å². The van der Waals surface area contributed by atoms with Crippen molar-refractivity contribution in [2.24, 2.45) is 0 Å². The molecular formula is C12H16S. The lowest BCUT2D eigenvalue weighted by Gasteiger charge is -2.22. The second-order valence-corrected chi connectivity index (χ2v) is 5.75. The van der Waals surface area contributed by atoms with E-state index in [0.29, 0.717) is 5.41 Å². The third kappa shape index (κ3) is 1.62. The molecule has 0 N–H and O–H groups in total. The van der Waals surface area contributed by atoms with Gasteiger partial charge in [-0.1, -0.05) is 39.0 Å². The number of hydrogen-bond donors (Lipinski definition) is 0. The quantitative estimate of drug-likeness (QED) is 0.605. The van der Waals surface area contributed by atoms with Gasteiger partial charge in [-0.25, -0.2) is 0 Å². The summed E-state index contributed by atoms with van der Waals surface area (Å²) in [5, 5.41) is 0. The summed E-state index contributed by atoms with van der Waals surface area (Å²) in [6.07, 6.45) is 1.25. The van der Waals surface area contributed by atoms with Crippen LogP contribution in [0.4, 0.5) is 0 Å². The average Bonchev–Trinajstić information content (AvgIpc) is 2.48. The molecule has 2 rings (SSSR count). The van der Waals surface area contributed by atoms with Crippen LogP contribution in [-0.4, -0.2) is 5.75 Å². The molecule has 1 heteroatoms. The SMILES string of the molecule is CC(C)(C)c1cccc2c1SCC2. The molecule has 0 saturated heterocycles. The summed E-state index contributed by atoms with van der Waals surface area (Å²) in [7, 11) is 0. The summed E-state index contributed by atoms with van der Waals surface area (Å²) < 4.78 is 0. The van der Waals surface area contributed by atoms with Crippen LogP contribution >= 0.6 is 11.8 Å². The van der Waals surface area contributed by atoms with Gasteiger partial charge in [0.05, 0.1) is 0 Å². The van der Waals surface area contributed by atoms with Crippen LogP contribution in [0.2, 0.25) is 0 Å². The zero-order valence-corrected chi connectivity index (χ0v) is 9.37. The fraction of sp³-hybridized carbons (Fsp3) is 0.500. The zero-order valence-electron chi connectivity index (χ0n) is 8.55. The number of hydrogen-bond acceptors (Lipinski definition) is 1. The first kappa shape index (κ1) is 9.14. The standard InChI is InChI=1S/C12H16S/c1-12(2,3)10-6-4-5-9-7-8-13-11(9)10/h4-6H,7-8H2,1-3H3. The fourth-order valence-corrected chi connectivity index (χ4v) is 3.22. The molecule has 0 fully saturated rings. The van der Waals surface area contributed by atoms with E-state index in [-0.39, 0.29) is 0 Å². The molecule has 0 bridgehead atoms. The Kier molecular flexibility index (Phi) is 2.15. The molecule has 1 aliphatic heterocycles. The predicted molar refractivity (Wildman–Crippen MR) is 59.6 cm³/mol. The molecule has 0 saturated carbocycles.